The smallest absolute Gasteiger partial charge is 0.317 e. The van der Waals surface area contributed by atoms with Gasteiger partial charge in [0, 0.05) is 16.3 Å². The monoisotopic (exact) mass is 227 g/mol. The lowest BCUT2D eigenvalue weighted by molar-refractivity contribution is -0.138. The molecule has 0 amide bonds. The van der Waals surface area contributed by atoms with Crippen molar-refractivity contribution in [3.8, 4) is 0 Å². The summed E-state index contributed by atoms with van der Waals surface area (Å²) in [6.45, 7) is 5.75. The third-order valence-corrected chi connectivity index (χ3v) is 3.47. The summed E-state index contributed by atoms with van der Waals surface area (Å²) < 4.78 is 0. The van der Waals surface area contributed by atoms with Crippen LogP contribution in [0.3, 0.4) is 0 Å². The van der Waals surface area contributed by atoms with Crippen LogP contribution in [0.5, 0.6) is 0 Å². The second-order valence-corrected chi connectivity index (χ2v) is 4.67. The lowest BCUT2D eigenvalue weighted by atomic mass is 10.3. The highest BCUT2D eigenvalue weighted by Gasteiger charge is 2.09. The molecule has 1 rings (SSSR count). The molecule has 0 atom stereocenters. The maximum absolute atomic E-state index is 10.6. The molecule has 3 nitrogen and oxygen atoms in total. The van der Waals surface area contributed by atoms with Crippen molar-refractivity contribution in [1.82, 2.24) is 4.90 Å². The number of aliphatic carboxylic acids is 1. The first-order valence-corrected chi connectivity index (χ1v) is 5.99. The van der Waals surface area contributed by atoms with Gasteiger partial charge in [0.2, 0.25) is 0 Å². The van der Waals surface area contributed by atoms with Crippen LogP contribution in [-0.4, -0.2) is 29.1 Å². The van der Waals surface area contributed by atoms with Crippen molar-refractivity contribution in [3.05, 3.63) is 21.9 Å². The van der Waals surface area contributed by atoms with E-state index in [9.17, 15) is 4.79 Å². The van der Waals surface area contributed by atoms with E-state index in [-0.39, 0.29) is 6.54 Å². The van der Waals surface area contributed by atoms with Gasteiger partial charge in [-0.1, -0.05) is 13.8 Å². The van der Waals surface area contributed by atoms with Gasteiger partial charge in [-0.3, -0.25) is 9.69 Å². The van der Waals surface area contributed by atoms with E-state index >= 15 is 0 Å². The molecule has 0 saturated heterocycles. The first kappa shape index (κ1) is 12.2. The lowest BCUT2D eigenvalue weighted by Gasteiger charge is -2.16. The van der Waals surface area contributed by atoms with Crippen LogP contribution in [0.4, 0.5) is 0 Å². The normalized spacial score (nSPS) is 10.9. The van der Waals surface area contributed by atoms with Crippen molar-refractivity contribution in [2.75, 3.05) is 13.1 Å². The molecule has 1 aromatic rings. The molecule has 0 aliphatic carbocycles. The predicted octanol–water partition coefficient (Wildman–Crippen LogP) is 2.22. The predicted molar refractivity (Wildman–Crippen MR) is 62.3 cm³/mol. The highest BCUT2D eigenvalue weighted by molar-refractivity contribution is 7.11. The Labute approximate surface area is 94.3 Å². The van der Waals surface area contributed by atoms with Gasteiger partial charge >= 0.3 is 5.97 Å². The van der Waals surface area contributed by atoms with Crippen LogP contribution in [0.1, 0.15) is 23.6 Å². The first-order valence-electron chi connectivity index (χ1n) is 5.17. The minimum Gasteiger partial charge on any atom is -0.480 e. The van der Waals surface area contributed by atoms with Crippen molar-refractivity contribution in [2.24, 2.45) is 0 Å². The van der Waals surface area contributed by atoms with Gasteiger partial charge in [0.25, 0.3) is 0 Å². The summed E-state index contributed by atoms with van der Waals surface area (Å²) in [5.74, 6) is -0.760. The summed E-state index contributed by atoms with van der Waals surface area (Å²) in [5, 5.41) is 8.71. The molecule has 84 valence electrons. The molecular formula is C11H17NO2S. The van der Waals surface area contributed by atoms with Crippen molar-refractivity contribution >= 4 is 17.3 Å². The summed E-state index contributed by atoms with van der Waals surface area (Å²) in [4.78, 5) is 15.1. The molecular weight excluding hydrogens is 210 g/mol. The largest absolute Gasteiger partial charge is 0.480 e. The Bertz CT molecular complexity index is 322. The molecule has 4 heteroatoms. The number of hydrogen-bond donors (Lipinski definition) is 1. The van der Waals surface area contributed by atoms with Crippen LogP contribution < -0.4 is 0 Å². The Morgan fingerprint density at radius 2 is 2.07 bits per heavy atom. The summed E-state index contributed by atoms with van der Waals surface area (Å²) >= 11 is 1.77. The topological polar surface area (TPSA) is 40.5 Å². The molecule has 0 aromatic carbocycles. The number of carbonyl (C=O) groups is 1. The summed E-state index contributed by atoms with van der Waals surface area (Å²) in [6.07, 6.45) is 1.05. The van der Waals surface area contributed by atoms with Crippen LogP contribution in [0.2, 0.25) is 0 Å². The second-order valence-electron chi connectivity index (χ2n) is 3.42. The minimum atomic E-state index is -0.760. The number of thiophene rings is 1. The molecule has 0 unspecified atom stereocenters. The van der Waals surface area contributed by atoms with Crippen LogP contribution in [0, 0.1) is 0 Å². The van der Waals surface area contributed by atoms with E-state index in [1.54, 1.807) is 11.3 Å². The van der Waals surface area contributed by atoms with Gasteiger partial charge in [-0.15, -0.1) is 11.3 Å². The zero-order valence-corrected chi connectivity index (χ0v) is 10.0. The molecule has 0 bridgehead atoms. The highest BCUT2D eigenvalue weighted by Crippen LogP contribution is 2.18. The van der Waals surface area contributed by atoms with Crippen LogP contribution in [0.15, 0.2) is 12.1 Å². The van der Waals surface area contributed by atoms with Gasteiger partial charge in [0.1, 0.15) is 0 Å². The molecule has 1 aromatic heterocycles. The Hall–Kier alpha value is -0.870. The van der Waals surface area contributed by atoms with E-state index in [1.165, 1.54) is 9.75 Å². The van der Waals surface area contributed by atoms with Crippen LogP contribution >= 0.6 is 11.3 Å². The summed E-state index contributed by atoms with van der Waals surface area (Å²) in [7, 11) is 0. The minimum absolute atomic E-state index is 0.121. The average Bonchev–Trinajstić information content (AvgIpc) is 2.64. The summed E-state index contributed by atoms with van der Waals surface area (Å²) in [5.41, 5.74) is 0. The van der Waals surface area contributed by atoms with Gasteiger partial charge in [0.05, 0.1) is 6.54 Å². The Morgan fingerprint density at radius 1 is 1.40 bits per heavy atom. The molecule has 1 heterocycles. The van der Waals surface area contributed by atoms with Crippen molar-refractivity contribution in [2.45, 2.75) is 26.8 Å². The summed E-state index contributed by atoms with van der Waals surface area (Å²) in [6, 6.07) is 4.21. The molecule has 0 spiro atoms. The molecule has 0 aliphatic rings. The standard InChI is InChI=1S/C11H17NO2S/c1-3-9-5-6-10(15-9)7-12(4-2)8-11(13)14/h5-6H,3-4,7-8H2,1-2H3,(H,13,14). The van der Waals surface area contributed by atoms with Crippen molar-refractivity contribution in [3.63, 3.8) is 0 Å². The molecule has 0 fully saturated rings. The zero-order valence-electron chi connectivity index (χ0n) is 9.19. The lowest BCUT2D eigenvalue weighted by Crippen LogP contribution is -2.28. The van der Waals surface area contributed by atoms with E-state index < -0.39 is 5.97 Å². The molecule has 0 radical (unpaired) electrons. The number of hydrogen-bond acceptors (Lipinski definition) is 3. The van der Waals surface area contributed by atoms with Crippen LogP contribution in [-0.2, 0) is 17.8 Å². The number of likely N-dealkylation sites (N-methyl/N-ethyl adjacent to an activating group) is 1. The van der Waals surface area contributed by atoms with E-state index in [0.717, 1.165) is 19.5 Å². The third kappa shape index (κ3) is 4.01. The Morgan fingerprint density at radius 3 is 2.53 bits per heavy atom. The fraction of sp³-hybridized carbons (Fsp3) is 0.545. The fourth-order valence-electron chi connectivity index (χ4n) is 1.39. The Kier molecular flexibility index (Phi) is 4.78. The van der Waals surface area contributed by atoms with Gasteiger partial charge in [-0.05, 0) is 25.1 Å². The molecule has 1 N–H and O–H groups in total. The van der Waals surface area contributed by atoms with Crippen LogP contribution in [0.25, 0.3) is 0 Å². The SMILES string of the molecule is CCc1ccc(CN(CC)CC(=O)O)s1. The maximum Gasteiger partial charge on any atom is 0.317 e. The van der Waals surface area contributed by atoms with E-state index in [0.29, 0.717) is 0 Å². The van der Waals surface area contributed by atoms with Gasteiger partial charge < -0.3 is 5.11 Å². The van der Waals surface area contributed by atoms with Crippen molar-refractivity contribution in [1.29, 1.82) is 0 Å². The van der Waals surface area contributed by atoms with E-state index in [4.69, 9.17) is 5.11 Å². The maximum atomic E-state index is 10.6. The quantitative estimate of drug-likeness (QED) is 0.810. The fourth-order valence-corrected chi connectivity index (χ4v) is 2.39. The van der Waals surface area contributed by atoms with Gasteiger partial charge in [-0.25, -0.2) is 0 Å². The number of carboxylic acids is 1. The molecule has 15 heavy (non-hydrogen) atoms. The van der Waals surface area contributed by atoms with Crippen molar-refractivity contribution < 1.29 is 9.90 Å². The van der Waals surface area contributed by atoms with E-state index in [1.807, 2.05) is 11.8 Å². The molecule has 0 saturated carbocycles. The second kappa shape index (κ2) is 5.88. The van der Waals surface area contributed by atoms with Gasteiger partial charge in [-0.2, -0.15) is 0 Å². The molecule has 0 aliphatic heterocycles. The van der Waals surface area contributed by atoms with Gasteiger partial charge in [0.15, 0.2) is 0 Å². The number of carboxylic acid groups (broad SMARTS) is 1. The zero-order chi connectivity index (χ0) is 11.3. The average molecular weight is 227 g/mol. The number of nitrogens with zero attached hydrogens (tertiary/aromatic N) is 1. The third-order valence-electron chi connectivity index (χ3n) is 2.25. The number of aryl methyl sites for hydroxylation is 1. The number of rotatable bonds is 6. The first-order chi connectivity index (χ1) is 7.15. The van der Waals surface area contributed by atoms with E-state index in [2.05, 4.69) is 19.1 Å². The highest BCUT2D eigenvalue weighted by atomic mass is 32.1. The Balaban J connectivity index is 2.54.